The molecule has 0 radical (unpaired) electrons. The molecule has 0 saturated carbocycles. The van der Waals surface area contributed by atoms with Crippen LogP contribution in [0.1, 0.15) is 25.6 Å². The number of nitrogens with zero attached hydrogens (tertiary/aromatic N) is 1. The maximum atomic E-state index is 13.4. The molecular formula is C25H22N2O5S. The van der Waals surface area contributed by atoms with E-state index in [4.69, 9.17) is 19.2 Å². The number of rotatable bonds is 6. The molecule has 8 heteroatoms. The summed E-state index contributed by atoms with van der Waals surface area (Å²) in [5.41, 5.74) is 2.81. The zero-order valence-electron chi connectivity index (χ0n) is 18.6. The molecule has 0 aliphatic heterocycles. The summed E-state index contributed by atoms with van der Waals surface area (Å²) in [6.45, 7) is 1.86. The molecule has 4 aromatic rings. The number of methoxy groups -OCH3 is 3. The number of hydrogen-bond acceptors (Lipinski definition) is 7. The summed E-state index contributed by atoms with van der Waals surface area (Å²) in [5, 5.41) is 4.02. The molecule has 0 aliphatic carbocycles. The van der Waals surface area contributed by atoms with Crippen LogP contribution in [-0.4, -0.2) is 38.2 Å². The average Bonchev–Trinajstić information content (AvgIpc) is 3.21. The molecule has 0 atom stereocenters. The van der Waals surface area contributed by atoms with Crippen molar-refractivity contribution < 1.29 is 23.8 Å². The number of para-hydroxylation sites is 1. The second-order valence-corrected chi connectivity index (χ2v) is 8.44. The van der Waals surface area contributed by atoms with Crippen molar-refractivity contribution >= 4 is 39.1 Å². The fourth-order valence-electron chi connectivity index (χ4n) is 3.55. The van der Waals surface area contributed by atoms with Gasteiger partial charge in [-0.1, -0.05) is 18.2 Å². The zero-order chi connectivity index (χ0) is 23.5. The Morgan fingerprint density at radius 3 is 2.39 bits per heavy atom. The fourth-order valence-corrected chi connectivity index (χ4v) is 4.44. The summed E-state index contributed by atoms with van der Waals surface area (Å²) in [5.74, 6) is 0.318. The van der Waals surface area contributed by atoms with E-state index in [0.717, 1.165) is 10.4 Å². The van der Waals surface area contributed by atoms with E-state index in [9.17, 15) is 9.59 Å². The van der Waals surface area contributed by atoms with Gasteiger partial charge in [0.15, 0.2) is 11.5 Å². The SMILES string of the molecule is COC(=O)c1cc(C)sc1NC(=O)c1cc(-c2ccc(OC)c(OC)c2)nc2ccccc12. The molecule has 0 aliphatic rings. The van der Waals surface area contributed by atoms with Crippen molar-refractivity contribution in [1.29, 1.82) is 0 Å². The molecule has 168 valence electrons. The van der Waals surface area contributed by atoms with E-state index in [1.165, 1.54) is 18.4 Å². The lowest BCUT2D eigenvalue weighted by atomic mass is 10.0. The van der Waals surface area contributed by atoms with Crippen molar-refractivity contribution in [2.24, 2.45) is 0 Å². The van der Waals surface area contributed by atoms with E-state index in [1.807, 2.05) is 43.3 Å². The Bertz CT molecular complexity index is 1360. The zero-order valence-corrected chi connectivity index (χ0v) is 19.4. The summed E-state index contributed by atoms with van der Waals surface area (Å²) in [6.07, 6.45) is 0. The summed E-state index contributed by atoms with van der Waals surface area (Å²) in [4.78, 5) is 31.1. The molecule has 2 heterocycles. The number of fused-ring (bicyclic) bond motifs is 1. The molecule has 0 bridgehead atoms. The number of carbonyl (C=O) groups excluding carboxylic acids is 2. The number of hydrogen-bond donors (Lipinski definition) is 1. The number of esters is 1. The third kappa shape index (κ3) is 4.38. The van der Waals surface area contributed by atoms with E-state index >= 15 is 0 Å². The van der Waals surface area contributed by atoms with Crippen LogP contribution in [0.5, 0.6) is 11.5 Å². The Hall–Kier alpha value is -3.91. The predicted octanol–water partition coefficient (Wildman–Crippen LogP) is 5.33. The van der Waals surface area contributed by atoms with E-state index in [2.05, 4.69) is 5.32 Å². The van der Waals surface area contributed by atoms with Gasteiger partial charge in [0.1, 0.15) is 5.00 Å². The lowest BCUT2D eigenvalue weighted by Crippen LogP contribution is -2.14. The van der Waals surface area contributed by atoms with Gasteiger partial charge in [-0.25, -0.2) is 9.78 Å². The molecule has 1 N–H and O–H groups in total. The molecule has 7 nitrogen and oxygen atoms in total. The van der Waals surface area contributed by atoms with Gasteiger partial charge in [0.25, 0.3) is 5.91 Å². The second-order valence-electron chi connectivity index (χ2n) is 7.19. The first kappa shape index (κ1) is 22.3. The van der Waals surface area contributed by atoms with Crippen molar-refractivity contribution in [3.05, 3.63) is 70.6 Å². The van der Waals surface area contributed by atoms with E-state index < -0.39 is 5.97 Å². The number of ether oxygens (including phenoxy) is 3. The molecule has 2 aromatic carbocycles. The number of aryl methyl sites for hydroxylation is 1. The van der Waals surface area contributed by atoms with Crippen LogP contribution in [0.2, 0.25) is 0 Å². The first-order chi connectivity index (χ1) is 15.9. The van der Waals surface area contributed by atoms with Gasteiger partial charge in [-0.2, -0.15) is 0 Å². The second kappa shape index (κ2) is 9.30. The summed E-state index contributed by atoms with van der Waals surface area (Å²) in [7, 11) is 4.45. The number of benzene rings is 2. The Morgan fingerprint density at radius 2 is 1.67 bits per heavy atom. The van der Waals surface area contributed by atoms with Gasteiger partial charge in [-0.15, -0.1) is 11.3 Å². The van der Waals surface area contributed by atoms with Crippen LogP contribution < -0.4 is 14.8 Å². The predicted molar refractivity (Wildman–Crippen MR) is 129 cm³/mol. The normalized spacial score (nSPS) is 10.7. The Balaban J connectivity index is 1.80. The van der Waals surface area contributed by atoms with Crippen LogP contribution >= 0.6 is 11.3 Å². The molecule has 2 aromatic heterocycles. The number of nitrogens with one attached hydrogen (secondary N) is 1. The minimum Gasteiger partial charge on any atom is -0.493 e. The van der Waals surface area contributed by atoms with Crippen molar-refractivity contribution in [2.75, 3.05) is 26.6 Å². The van der Waals surface area contributed by atoms with Gasteiger partial charge in [0, 0.05) is 15.8 Å². The van der Waals surface area contributed by atoms with Crippen LogP contribution in [0.3, 0.4) is 0 Å². The minimum absolute atomic E-state index is 0.326. The third-order valence-electron chi connectivity index (χ3n) is 5.13. The largest absolute Gasteiger partial charge is 0.493 e. The Labute approximate surface area is 194 Å². The Kier molecular flexibility index (Phi) is 6.28. The molecule has 0 unspecified atom stereocenters. The highest BCUT2D eigenvalue weighted by Crippen LogP contribution is 2.34. The maximum Gasteiger partial charge on any atom is 0.340 e. The van der Waals surface area contributed by atoms with Crippen molar-refractivity contribution in [3.63, 3.8) is 0 Å². The number of pyridine rings is 1. The van der Waals surface area contributed by atoms with Crippen molar-refractivity contribution in [2.45, 2.75) is 6.92 Å². The van der Waals surface area contributed by atoms with E-state index in [0.29, 0.717) is 44.2 Å². The molecule has 4 rings (SSSR count). The Morgan fingerprint density at radius 1 is 0.909 bits per heavy atom. The lowest BCUT2D eigenvalue weighted by molar-refractivity contribution is 0.0602. The first-order valence-electron chi connectivity index (χ1n) is 10.1. The molecule has 33 heavy (non-hydrogen) atoms. The number of carbonyl (C=O) groups is 2. The van der Waals surface area contributed by atoms with Gasteiger partial charge in [0.05, 0.1) is 43.7 Å². The summed E-state index contributed by atoms with van der Waals surface area (Å²) >= 11 is 1.32. The molecule has 0 fully saturated rings. The fraction of sp³-hybridized carbons (Fsp3) is 0.160. The third-order valence-corrected chi connectivity index (χ3v) is 6.09. The van der Waals surface area contributed by atoms with Crippen LogP contribution in [0.25, 0.3) is 22.2 Å². The lowest BCUT2D eigenvalue weighted by Gasteiger charge is -2.12. The average molecular weight is 463 g/mol. The maximum absolute atomic E-state index is 13.4. The molecule has 0 spiro atoms. The number of thiophene rings is 1. The van der Waals surface area contributed by atoms with Crippen LogP contribution in [0.15, 0.2) is 54.6 Å². The van der Waals surface area contributed by atoms with Gasteiger partial charge < -0.3 is 19.5 Å². The highest BCUT2D eigenvalue weighted by Gasteiger charge is 2.20. The van der Waals surface area contributed by atoms with Gasteiger partial charge in [-0.3, -0.25) is 4.79 Å². The van der Waals surface area contributed by atoms with E-state index in [1.54, 1.807) is 32.4 Å². The van der Waals surface area contributed by atoms with E-state index in [-0.39, 0.29) is 5.91 Å². The number of aromatic nitrogens is 1. The highest BCUT2D eigenvalue weighted by atomic mass is 32.1. The molecule has 0 saturated heterocycles. The van der Waals surface area contributed by atoms with Crippen molar-refractivity contribution in [3.8, 4) is 22.8 Å². The van der Waals surface area contributed by atoms with Crippen LogP contribution in [0.4, 0.5) is 5.00 Å². The standard InChI is InChI=1S/C25H22N2O5S/c1-14-11-18(25(29)32-4)24(33-14)27-23(28)17-13-20(26-19-8-6-5-7-16(17)19)15-9-10-21(30-2)22(12-15)31-3/h5-13H,1-4H3,(H,27,28). The molecular weight excluding hydrogens is 440 g/mol. The van der Waals surface area contributed by atoms with Gasteiger partial charge >= 0.3 is 5.97 Å². The van der Waals surface area contributed by atoms with Crippen LogP contribution in [-0.2, 0) is 4.74 Å². The van der Waals surface area contributed by atoms with Gasteiger partial charge in [-0.05, 0) is 43.3 Å². The monoisotopic (exact) mass is 462 g/mol. The van der Waals surface area contributed by atoms with Crippen LogP contribution in [0, 0.1) is 6.92 Å². The molecule has 1 amide bonds. The highest BCUT2D eigenvalue weighted by molar-refractivity contribution is 7.16. The number of anilines is 1. The quantitative estimate of drug-likeness (QED) is 0.390. The topological polar surface area (TPSA) is 86.8 Å². The smallest absolute Gasteiger partial charge is 0.340 e. The minimum atomic E-state index is -0.500. The summed E-state index contributed by atoms with van der Waals surface area (Å²) < 4.78 is 15.6. The first-order valence-corrected chi connectivity index (χ1v) is 10.9. The number of amides is 1. The summed E-state index contributed by atoms with van der Waals surface area (Å²) in [6, 6.07) is 16.3. The van der Waals surface area contributed by atoms with Crippen molar-refractivity contribution in [1.82, 2.24) is 4.98 Å². The van der Waals surface area contributed by atoms with Gasteiger partial charge in [0.2, 0.25) is 0 Å².